The first-order chi connectivity index (χ1) is 10.1. The summed E-state index contributed by atoms with van der Waals surface area (Å²) in [6, 6.07) is 7.90. The van der Waals surface area contributed by atoms with Crippen LogP contribution in [0.3, 0.4) is 0 Å². The molecule has 110 valence electrons. The van der Waals surface area contributed by atoms with E-state index in [4.69, 9.17) is 15.4 Å². The van der Waals surface area contributed by atoms with Crippen LogP contribution >= 0.6 is 0 Å². The largest absolute Gasteiger partial charge is 0.465 e. The number of rotatable bonds is 3. The Kier molecular flexibility index (Phi) is 4.63. The number of carboxylic acid groups (broad SMARTS) is 1. The summed E-state index contributed by atoms with van der Waals surface area (Å²) in [6.45, 7) is 0.185. The van der Waals surface area contributed by atoms with Gasteiger partial charge in [0.05, 0.1) is 18.2 Å². The Labute approximate surface area is 120 Å². The lowest BCUT2D eigenvalue weighted by Crippen LogP contribution is -2.48. The number of azide groups is 1. The summed E-state index contributed by atoms with van der Waals surface area (Å²) >= 11 is 0. The van der Waals surface area contributed by atoms with E-state index >= 15 is 0 Å². The van der Waals surface area contributed by atoms with E-state index < -0.39 is 24.2 Å². The maximum absolute atomic E-state index is 12.0. The van der Waals surface area contributed by atoms with E-state index in [9.17, 15) is 9.59 Å². The molecule has 0 spiro atoms. The lowest BCUT2D eigenvalue weighted by molar-refractivity contribution is 0.00505. The molecule has 1 N–H and O–H groups in total. The van der Waals surface area contributed by atoms with Gasteiger partial charge in [0.15, 0.2) is 0 Å². The number of carbonyl (C=O) groups excluding carboxylic acids is 1. The fourth-order valence-electron chi connectivity index (χ4n) is 2.22. The van der Waals surface area contributed by atoms with E-state index in [0.717, 1.165) is 4.90 Å². The highest BCUT2D eigenvalue weighted by molar-refractivity contribution is 5.89. The molecule has 8 nitrogen and oxygen atoms in total. The number of ether oxygens (including phenoxy) is 1. The van der Waals surface area contributed by atoms with Crippen LogP contribution in [0.4, 0.5) is 4.79 Å². The Morgan fingerprint density at radius 3 is 2.67 bits per heavy atom. The number of hydrogen-bond donors (Lipinski definition) is 1. The van der Waals surface area contributed by atoms with E-state index in [1.807, 2.05) is 0 Å². The second kappa shape index (κ2) is 6.62. The average Bonchev–Trinajstić information content (AvgIpc) is 2.48. The highest BCUT2D eigenvalue weighted by atomic mass is 16.5. The predicted molar refractivity (Wildman–Crippen MR) is 72.8 cm³/mol. The van der Waals surface area contributed by atoms with Gasteiger partial charge in [0.2, 0.25) is 0 Å². The Morgan fingerprint density at radius 1 is 1.33 bits per heavy atom. The van der Waals surface area contributed by atoms with Crippen molar-refractivity contribution in [2.45, 2.75) is 18.6 Å². The molecule has 1 aliphatic rings. The molecule has 1 saturated heterocycles. The Balaban J connectivity index is 2.05. The van der Waals surface area contributed by atoms with E-state index in [1.54, 1.807) is 30.3 Å². The number of carbonyl (C=O) groups is 2. The molecule has 1 aliphatic heterocycles. The number of piperidine rings is 1. The number of amides is 1. The van der Waals surface area contributed by atoms with Gasteiger partial charge in [0, 0.05) is 11.5 Å². The van der Waals surface area contributed by atoms with Gasteiger partial charge in [-0.2, -0.15) is 0 Å². The van der Waals surface area contributed by atoms with Crippen LogP contribution in [0.2, 0.25) is 0 Å². The zero-order valence-corrected chi connectivity index (χ0v) is 11.1. The SMILES string of the molecule is [N-]=[N+]=NC1CC(OC(=O)c2ccccc2)CN(C(=O)O)C1. The van der Waals surface area contributed by atoms with Gasteiger partial charge in [-0.25, -0.2) is 9.59 Å². The molecule has 1 aromatic carbocycles. The van der Waals surface area contributed by atoms with Crippen molar-refractivity contribution in [3.8, 4) is 0 Å². The molecule has 1 heterocycles. The van der Waals surface area contributed by atoms with Gasteiger partial charge in [0.25, 0.3) is 0 Å². The van der Waals surface area contributed by atoms with Crippen molar-refractivity contribution in [3.05, 3.63) is 46.3 Å². The standard InChI is InChI=1S/C13H14N4O4/c14-16-15-10-6-11(8-17(7-10)13(19)20)21-12(18)9-4-2-1-3-5-9/h1-5,10-11H,6-8H2,(H,19,20). The summed E-state index contributed by atoms with van der Waals surface area (Å²) in [6.07, 6.45) is -1.45. The van der Waals surface area contributed by atoms with E-state index in [2.05, 4.69) is 10.0 Å². The van der Waals surface area contributed by atoms with E-state index in [1.165, 1.54) is 0 Å². The summed E-state index contributed by atoms with van der Waals surface area (Å²) in [5.41, 5.74) is 8.87. The third-order valence-corrected chi connectivity index (χ3v) is 3.16. The summed E-state index contributed by atoms with van der Waals surface area (Å²) in [5.74, 6) is -0.521. The molecular formula is C13H14N4O4. The van der Waals surface area contributed by atoms with Crippen LogP contribution in [0.25, 0.3) is 10.4 Å². The van der Waals surface area contributed by atoms with Crippen LogP contribution in [-0.4, -0.2) is 47.3 Å². The summed E-state index contributed by atoms with van der Waals surface area (Å²) in [7, 11) is 0. The number of esters is 1. The summed E-state index contributed by atoms with van der Waals surface area (Å²) < 4.78 is 5.31. The van der Waals surface area contributed by atoms with Gasteiger partial charge < -0.3 is 14.7 Å². The van der Waals surface area contributed by atoms with Crippen molar-refractivity contribution in [1.29, 1.82) is 0 Å². The van der Waals surface area contributed by atoms with Crippen molar-refractivity contribution in [2.24, 2.45) is 5.11 Å². The normalized spacial score (nSPS) is 21.2. The third-order valence-electron chi connectivity index (χ3n) is 3.16. The van der Waals surface area contributed by atoms with Crippen LogP contribution in [0, 0.1) is 0 Å². The number of hydrogen-bond acceptors (Lipinski definition) is 4. The first kappa shape index (κ1) is 14.7. The lowest BCUT2D eigenvalue weighted by atomic mass is 10.0. The second-order valence-electron chi connectivity index (χ2n) is 4.68. The van der Waals surface area contributed by atoms with Crippen LogP contribution < -0.4 is 0 Å². The molecule has 1 fully saturated rings. The van der Waals surface area contributed by atoms with Crippen LogP contribution in [0.15, 0.2) is 35.4 Å². The summed E-state index contributed by atoms with van der Waals surface area (Å²) in [4.78, 5) is 26.8. The molecule has 0 aromatic heterocycles. The highest BCUT2D eigenvalue weighted by Crippen LogP contribution is 2.18. The van der Waals surface area contributed by atoms with Crippen molar-refractivity contribution < 1.29 is 19.4 Å². The first-order valence-electron chi connectivity index (χ1n) is 6.38. The minimum Gasteiger partial charge on any atom is -0.465 e. The molecule has 0 aliphatic carbocycles. The van der Waals surface area contributed by atoms with E-state index in [-0.39, 0.29) is 13.1 Å². The Bertz CT molecular complexity index is 561. The third kappa shape index (κ3) is 3.87. The fourth-order valence-corrected chi connectivity index (χ4v) is 2.22. The molecule has 0 saturated carbocycles. The maximum Gasteiger partial charge on any atom is 0.407 e. The van der Waals surface area contributed by atoms with Gasteiger partial charge in [-0.15, -0.1) is 0 Å². The molecule has 1 amide bonds. The molecular weight excluding hydrogens is 276 g/mol. The fraction of sp³-hybridized carbons (Fsp3) is 0.385. The molecule has 21 heavy (non-hydrogen) atoms. The molecule has 2 unspecified atom stereocenters. The van der Waals surface area contributed by atoms with Crippen LogP contribution in [0.5, 0.6) is 0 Å². The van der Waals surface area contributed by atoms with Crippen molar-refractivity contribution >= 4 is 12.1 Å². The number of likely N-dealkylation sites (tertiary alicyclic amines) is 1. The molecule has 2 rings (SSSR count). The Hall–Kier alpha value is -2.73. The summed E-state index contributed by atoms with van der Waals surface area (Å²) in [5, 5.41) is 12.6. The van der Waals surface area contributed by atoms with Gasteiger partial charge >= 0.3 is 12.1 Å². The lowest BCUT2D eigenvalue weighted by Gasteiger charge is -2.33. The number of nitrogens with zero attached hydrogens (tertiary/aromatic N) is 4. The number of benzene rings is 1. The first-order valence-corrected chi connectivity index (χ1v) is 6.38. The quantitative estimate of drug-likeness (QED) is 0.398. The molecule has 2 atom stereocenters. The van der Waals surface area contributed by atoms with Gasteiger partial charge in [0.1, 0.15) is 6.10 Å². The van der Waals surface area contributed by atoms with Gasteiger partial charge in [-0.1, -0.05) is 23.3 Å². The molecule has 0 bridgehead atoms. The Morgan fingerprint density at radius 2 is 2.05 bits per heavy atom. The topological polar surface area (TPSA) is 116 Å². The average molecular weight is 290 g/mol. The molecule has 0 radical (unpaired) electrons. The zero-order chi connectivity index (χ0) is 15.2. The minimum atomic E-state index is -1.13. The molecule has 8 heteroatoms. The van der Waals surface area contributed by atoms with Crippen molar-refractivity contribution in [1.82, 2.24) is 4.90 Å². The maximum atomic E-state index is 12.0. The predicted octanol–water partition coefficient (Wildman–Crippen LogP) is 2.27. The smallest absolute Gasteiger partial charge is 0.407 e. The van der Waals surface area contributed by atoms with Gasteiger partial charge in [-0.3, -0.25) is 0 Å². The molecule has 1 aromatic rings. The van der Waals surface area contributed by atoms with Crippen LogP contribution in [0.1, 0.15) is 16.8 Å². The second-order valence-corrected chi connectivity index (χ2v) is 4.68. The monoisotopic (exact) mass is 290 g/mol. The minimum absolute atomic E-state index is 0.0748. The zero-order valence-electron chi connectivity index (χ0n) is 11.1. The van der Waals surface area contributed by atoms with Crippen LogP contribution in [-0.2, 0) is 4.74 Å². The highest BCUT2D eigenvalue weighted by Gasteiger charge is 2.31. The van der Waals surface area contributed by atoms with Gasteiger partial charge in [-0.05, 0) is 24.1 Å². The van der Waals surface area contributed by atoms with Crippen molar-refractivity contribution in [3.63, 3.8) is 0 Å². The van der Waals surface area contributed by atoms with E-state index in [0.29, 0.717) is 12.0 Å². The van der Waals surface area contributed by atoms with Crippen molar-refractivity contribution in [2.75, 3.05) is 13.1 Å².